The van der Waals surface area contributed by atoms with Gasteiger partial charge in [-0.05, 0) is 65.9 Å². The predicted octanol–water partition coefficient (Wildman–Crippen LogP) is 1.51. The average molecular weight is 490 g/mol. The van der Waals surface area contributed by atoms with Crippen molar-refractivity contribution >= 4 is 17.5 Å². The number of hydrogen-bond donors (Lipinski definition) is 2. The van der Waals surface area contributed by atoms with E-state index in [0.717, 1.165) is 9.36 Å². The first-order valence-electron chi connectivity index (χ1n) is 11.1. The SMILES string of the molecule is CC1Oc2ccccc2OC1C(=O)Nc1ccc(-n2nnn(CC(=O)NCc3ccco3)c2=O)cc1. The Kier molecular flexibility index (Phi) is 6.22. The molecule has 2 atom stereocenters. The van der Waals surface area contributed by atoms with E-state index in [1.165, 1.54) is 6.26 Å². The highest BCUT2D eigenvalue weighted by Crippen LogP contribution is 2.33. The van der Waals surface area contributed by atoms with Gasteiger partial charge in [-0.15, -0.1) is 0 Å². The Morgan fingerprint density at radius 2 is 1.72 bits per heavy atom. The molecule has 2 N–H and O–H groups in total. The van der Waals surface area contributed by atoms with Crippen molar-refractivity contribution in [3.63, 3.8) is 0 Å². The molecule has 12 heteroatoms. The fraction of sp³-hybridized carbons (Fsp3) is 0.208. The highest BCUT2D eigenvalue weighted by atomic mass is 16.6. The van der Waals surface area contributed by atoms with Crippen molar-refractivity contribution in [1.29, 1.82) is 0 Å². The van der Waals surface area contributed by atoms with Gasteiger partial charge in [-0.1, -0.05) is 12.1 Å². The Morgan fingerprint density at radius 1 is 0.972 bits per heavy atom. The lowest BCUT2D eigenvalue weighted by molar-refractivity contribution is -0.128. The summed E-state index contributed by atoms with van der Waals surface area (Å²) in [6, 6.07) is 17.0. The van der Waals surface area contributed by atoms with E-state index < -0.39 is 23.8 Å². The predicted molar refractivity (Wildman–Crippen MR) is 126 cm³/mol. The summed E-state index contributed by atoms with van der Waals surface area (Å²) >= 11 is 0. The molecule has 0 fully saturated rings. The molecule has 1 aliphatic rings. The van der Waals surface area contributed by atoms with E-state index in [0.29, 0.717) is 28.6 Å². The van der Waals surface area contributed by atoms with Gasteiger partial charge < -0.3 is 24.5 Å². The van der Waals surface area contributed by atoms with E-state index in [2.05, 4.69) is 21.1 Å². The summed E-state index contributed by atoms with van der Waals surface area (Å²) < 4.78 is 18.8. The number of aromatic nitrogens is 4. The molecule has 3 heterocycles. The van der Waals surface area contributed by atoms with Crippen LogP contribution in [0.25, 0.3) is 5.69 Å². The first kappa shape index (κ1) is 22.9. The molecule has 0 radical (unpaired) electrons. The molecule has 0 bridgehead atoms. The van der Waals surface area contributed by atoms with Gasteiger partial charge >= 0.3 is 5.69 Å². The maximum absolute atomic E-state index is 12.8. The quantitative estimate of drug-likeness (QED) is 0.397. The molecule has 0 saturated heterocycles. The van der Waals surface area contributed by atoms with Crippen LogP contribution in [-0.4, -0.2) is 43.8 Å². The summed E-state index contributed by atoms with van der Waals surface area (Å²) in [5.74, 6) is 0.904. The number of anilines is 1. The van der Waals surface area contributed by atoms with Crippen LogP contribution < -0.4 is 25.8 Å². The molecule has 36 heavy (non-hydrogen) atoms. The topological polar surface area (TPSA) is 143 Å². The van der Waals surface area contributed by atoms with Crippen LogP contribution in [0.4, 0.5) is 5.69 Å². The Bertz CT molecular complexity index is 1430. The first-order valence-corrected chi connectivity index (χ1v) is 11.1. The fourth-order valence-electron chi connectivity index (χ4n) is 3.63. The van der Waals surface area contributed by atoms with Gasteiger partial charge in [-0.25, -0.2) is 4.79 Å². The molecule has 5 rings (SSSR count). The number of carbonyl (C=O) groups is 2. The third-order valence-electron chi connectivity index (χ3n) is 5.45. The molecule has 0 aliphatic carbocycles. The summed E-state index contributed by atoms with van der Waals surface area (Å²) in [4.78, 5) is 37.6. The Labute approximate surface area is 204 Å². The largest absolute Gasteiger partial charge is 0.482 e. The molecule has 4 aromatic rings. The number of hydrogen-bond acceptors (Lipinski definition) is 8. The van der Waals surface area contributed by atoms with Gasteiger partial charge in [0.2, 0.25) is 12.0 Å². The zero-order chi connectivity index (χ0) is 25.1. The minimum atomic E-state index is -0.832. The summed E-state index contributed by atoms with van der Waals surface area (Å²) in [5.41, 5.74) is 0.330. The molecule has 12 nitrogen and oxygen atoms in total. The standard InChI is InChI=1S/C24H22N6O6/c1-15-22(36-20-7-3-2-6-19(20)35-15)23(32)26-16-8-10-17(11-9-16)30-24(33)29(27-28-30)14-21(31)25-13-18-5-4-12-34-18/h2-12,15,22H,13-14H2,1H3,(H,25,31)(H,26,32). The normalized spacial score (nSPS) is 16.4. The summed E-state index contributed by atoms with van der Waals surface area (Å²) in [5, 5.41) is 13.0. The number of amides is 2. The van der Waals surface area contributed by atoms with Gasteiger partial charge in [0, 0.05) is 5.69 Å². The monoisotopic (exact) mass is 490 g/mol. The van der Waals surface area contributed by atoms with Crippen molar-refractivity contribution < 1.29 is 23.5 Å². The zero-order valence-corrected chi connectivity index (χ0v) is 19.2. The third-order valence-corrected chi connectivity index (χ3v) is 5.45. The maximum Gasteiger partial charge on any atom is 0.368 e. The van der Waals surface area contributed by atoms with Gasteiger partial charge in [0.15, 0.2) is 11.5 Å². The van der Waals surface area contributed by atoms with Crippen LogP contribution in [0, 0.1) is 0 Å². The van der Waals surface area contributed by atoms with Crippen molar-refractivity contribution in [3.8, 4) is 17.2 Å². The van der Waals surface area contributed by atoms with Crippen molar-refractivity contribution in [3.05, 3.63) is 83.2 Å². The first-order chi connectivity index (χ1) is 17.5. The van der Waals surface area contributed by atoms with Crippen molar-refractivity contribution in [2.75, 3.05) is 5.32 Å². The van der Waals surface area contributed by atoms with E-state index in [1.54, 1.807) is 61.5 Å². The van der Waals surface area contributed by atoms with Gasteiger partial charge in [0.25, 0.3) is 5.91 Å². The third kappa shape index (κ3) is 4.82. The van der Waals surface area contributed by atoms with Crippen molar-refractivity contribution in [2.45, 2.75) is 32.2 Å². The number of ether oxygens (including phenoxy) is 2. The van der Waals surface area contributed by atoms with Crippen LogP contribution >= 0.6 is 0 Å². The molecular formula is C24H22N6O6. The van der Waals surface area contributed by atoms with Gasteiger partial charge in [0.05, 0.1) is 18.5 Å². The second kappa shape index (κ2) is 9.78. The molecule has 2 unspecified atom stereocenters. The molecule has 0 spiro atoms. The summed E-state index contributed by atoms with van der Waals surface area (Å²) in [6.07, 6.45) is 0.191. The second-order valence-corrected chi connectivity index (χ2v) is 8.03. The van der Waals surface area contributed by atoms with E-state index in [1.807, 2.05) is 6.07 Å². The van der Waals surface area contributed by atoms with E-state index in [9.17, 15) is 14.4 Å². The lowest BCUT2D eigenvalue weighted by Gasteiger charge is -2.31. The molecule has 0 saturated carbocycles. The number of nitrogens with one attached hydrogen (secondary N) is 2. The van der Waals surface area contributed by atoms with Crippen LogP contribution in [0.15, 0.2) is 76.1 Å². The van der Waals surface area contributed by atoms with E-state index in [-0.39, 0.29) is 19.0 Å². The van der Waals surface area contributed by atoms with Gasteiger partial charge in [-0.3, -0.25) is 9.59 Å². The number of benzene rings is 2. The maximum atomic E-state index is 12.8. The van der Waals surface area contributed by atoms with Crippen LogP contribution in [0.2, 0.25) is 0 Å². The van der Waals surface area contributed by atoms with Gasteiger partial charge in [0.1, 0.15) is 18.4 Å². The molecule has 2 aromatic heterocycles. The zero-order valence-electron chi connectivity index (χ0n) is 19.2. The van der Waals surface area contributed by atoms with Crippen LogP contribution in [-0.2, 0) is 22.7 Å². The highest BCUT2D eigenvalue weighted by Gasteiger charge is 2.34. The van der Waals surface area contributed by atoms with Crippen LogP contribution in [0.5, 0.6) is 11.5 Å². The number of rotatable bonds is 7. The Hall–Kier alpha value is -4.87. The number of fused-ring (bicyclic) bond motifs is 1. The molecular weight excluding hydrogens is 468 g/mol. The summed E-state index contributed by atoms with van der Waals surface area (Å²) in [6.45, 7) is 1.67. The Morgan fingerprint density at radius 3 is 2.44 bits per heavy atom. The second-order valence-electron chi connectivity index (χ2n) is 8.03. The molecule has 2 aromatic carbocycles. The summed E-state index contributed by atoms with van der Waals surface area (Å²) in [7, 11) is 0. The number of para-hydroxylation sites is 2. The minimum absolute atomic E-state index is 0.200. The molecule has 1 aliphatic heterocycles. The number of furan rings is 1. The fourth-order valence-corrected chi connectivity index (χ4v) is 3.63. The average Bonchev–Trinajstić information content (AvgIpc) is 3.53. The smallest absolute Gasteiger partial charge is 0.368 e. The van der Waals surface area contributed by atoms with Crippen LogP contribution in [0.1, 0.15) is 12.7 Å². The number of carbonyl (C=O) groups excluding carboxylic acids is 2. The van der Waals surface area contributed by atoms with Crippen molar-refractivity contribution in [2.24, 2.45) is 0 Å². The molecule has 184 valence electrons. The lowest BCUT2D eigenvalue weighted by Crippen LogP contribution is -2.46. The number of tetrazole rings is 1. The van der Waals surface area contributed by atoms with E-state index in [4.69, 9.17) is 13.9 Å². The highest BCUT2D eigenvalue weighted by molar-refractivity contribution is 5.95. The van der Waals surface area contributed by atoms with E-state index >= 15 is 0 Å². The lowest BCUT2D eigenvalue weighted by atomic mass is 10.1. The molecule has 2 amide bonds. The number of nitrogens with zero attached hydrogens (tertiary/aromatic N) is 4. The van der Waals surface area contributed by atoms with Gasteiger partial charge in [-0.2, -0.15) is 9.36 Å². The minimum Gasteiger partial charge on any atom is -0.482 e. The Balaban J connectivity index is 1.21. The van der Waals surface area contributed by atoms with Crippen LogP contribution in [0.3, 0.4) is 0 Å². The van der Waals surface area contributed by atoms with Crippen molar-refractivity contribution in [1.82, 2.24) is 25.1 Å².